The highest BCUT2D eigenvalue weighted by Gasteiger charge is 2.14. The van der Waals surface area contributed by atoms with Gasteiger partial charge >= 0.3 is 5.97 Å². The Balaban J connectivity index is 0. The topological polar surface area (TPSA) is 94.8 Å². The number of carboxylic acid groups (broad SMARTS) is 1. The number of nitrogens with two attached hydrogens (primary N) is 1. The van der Waals surface area contributed by atoms with E-state index in [-0.39, 0.29) is 11.9 Å². The van der Waals surface area contributed by atoms with Crippen molar-refractivity contribution in [1.29, 1.82) is 0 Å². The third-order valence-electron chi connectivity index (χ3n) is 0.734. The molecule has 5 N–H and O–H groups in total. The molecule has 0 aromatic carbocycles. The fourth-order valence-electron chi connectivity index (χ4n) is 0.291. The van der Waals surface area contributed by atoms with Crippen LogP contribution in [0.15, 0.2) is 0 Å². The standard InChI is InChI=1S/C4H7Cl2NO2.H2O/c5-4(6)2(7)1-3(8)9;/h2,4H,1,7H2,(H,8,9);1H2. The predicted molar refractivity (Wildman–Crippen MR) is 39.3 cm³/mol. The summed E-state index contributed by atoms with van der Waals surface area (Å²) in [6.45, 7) is 0. The Morgan fingerprint density at radius 2 is 2.00 bits per heavy atom. The van der Waals surface area contributed by atoms with Gasteiger partial charge in [-0.05, 0) is 0 Å². The Kier molecular flexibility index (Phi) is 7.24. The molecule has 0 heterocycles. The molecule has 1 atom stereocenters. The van der Waals surface area contributed by atoms with Crippen molar-refractivity contribution in [2.45, 2.75) is 17.3 Å². The zero-order valence-electron chi connectivity index (χ0n) is 5.05. The van der Waals surface area contributed by atoms with Crippen LogP contribution in [0.3, 0.4) is 0 Å². The van der Waals surface area contributed by atoms with Crippen molar-refractivity contribution in [2.75, 3.05) is 0 Å². The molecular weight excluding hydrogens is 181 g/mol. The average Bonchev–Trinajstić information content (AvgIpc) is 1.63. The fourth-order valence-corrected chi connectivity index (χ4v) is 0.469. The Morgan fingerprint density at radius 1 is 1.60 bits per heavy atom. The van der Waals surface area contributed by atoms with Crippen molar-refractivity contribution in [3.05, 3.63) is 0 Å². The lowest BCUT2D eigenvalue weighted by molar-refractivity contribution is -0.137. The summed E-state index contributed by atoms with van der Waals surface area (Å²) in [5, 5.41) is 8.14. The molecule has 0 aliphatic carbocycles. The molecule has 62 valence electrons. The first-order valence-corrected chi connectivity index (χ1v) is 3.17. The van der Waals surface area contributed by atoms with Crippen molar-refractivity contribution >= 4 is 29.2 Å². The van der Waals surface area contributed by atoms with Crippen LogP contribution >= 0.6 is 23.2 Å². The number of hydrogen-bond donors (Lipinski definition) is 2. The summed E-state index contributed by atoms with van der Waals surface area (Å²) >= 11 is 10.5. The third-order valence-corrected chi connectivity index (χ3v) is 1.38. The lowest BCUT2D eigenvalue weighted by Crippen LogP contribution is -2.29. The van der Waals surface area contributed by atoms with E-state index in [4.69, 9.17) is 34.0 Å². The summed E-state index contributed by atoms with van der Waals surface area (Å²) in [5.41, 5.74) is 5.17. The number of carbonyl (C=O) groups is 1. The number of hydrogen-bond acceptors (Lipinski definition) is 2. The van der Waals surface area contributed by atoms with E-state index < -0.39 is 16.8 Å². The first kappa shape index (κ1) is 12.6. The SMILES string of the molecule is NC(CC(=O)O)C(Cl)Cl.O. The molecule has 0 amide bonds. The number of rotatable bonds is 3. The van der Waals surface area contributed by atoms with Crippen LogP contribution < -0.4 is 5.73 Å². The summed E-state index contributed by atoms with van der Waals surface area (Å²) in [7, 11) is 0. The van der Waals surface area contributed by atoms with Gasteiger partial charge in [-0.3, -0.25) is 4.79 Å². The Labute approximate surface area is 68.2 Å². The van der Waals surface area contributed by atoms with Crippen LogP contribution in [0, 0.1) is 0 Å². The fraction of sp³-hybridized carbons (Fsp3) is 0.750. The second-order valence-electron chi connectivity index (χ2n) is 1.60. The summed E-state index contributed by atoms with van der Waals surface area (Å²) in [6, 6.07) is -0.675. The van der Waals surface area contributed by atoms with E-state index in [1.807, 2.05) is 0 Å². The van der Waals surface area contributed by atoms with Crippen molar-refractivity contribution in [2.24, 2.45) is 5.73 Å². The molecule has 0 spiro atoms. The van der Waals surface area contributed by atoms with Gasteiger partial charge in [0.1, 0.15) is 4.84 Å². The minimum absolute atomic E-state index is 0. The van der Waals surface area contributed by atoms with Crippen LogP contribution in [-0.4, -0.2) is 27.4 Å². The molecule has 0 saturated heterocycles. The predicted octanol–water partition coefficient (Wildman–Crippen LogP) is -0.233. The van der Waals surface area contributed by atoms with Gasteiger partial charge < -0.3 is 16.3 Å². The molecule has 0 aliphatic heterocycles. The zero-order chi connectivity index (χ0) is 7.44. The van der Waals surface area contributed by atoms with Crippen LogP contribution in [0.1, 0.15) is 6.42 Å². The first-order chi connectivity index (χ1) is 4.04. The molecule has 0 radical (unpaired) electrons. The van der Waals surface area contributed by atoms with E-state index in [1.54, 1.807) is 0 Å². The average molecular weight is 190 g/mol. The van der Waals surface area contributed by atoms with Gasteiger partial charge in [0.05, 0.1) is 6.42 Å². The molecule has 0 rings (SSSR count). The Hall–Kier alpha value is -0.0300. The van der Waals surface area contributed by atoms with Gasteiger partial charge in [-0.2, -0.15) is 0 Å². The summed E-state index contributed by atoms with van der Waals surface area (Å²) in [4.78, 5) is 9.11. The van der Waals surface area contributed by atoms with Gasteiger partial charge in [0.25, 0.3) is 0 Å². The maximum atomic E-state index is 9.92. The van der Waals surface area contributed by atoms with E-state index in [0.29, 0.717) is 0 Å². The molecule has 0 bridgehead atoms. The quantitative estimate of drug-likeness (QED) is 0.601. The molecule has 0 aromatic heterocycles. The van der Waals surface area contributed by atoms with Gasteiger partial charge in [-0.25, -0.2) is 0 Å². The first-order valence-electron chi connectivity index (χ1n) is 2.29. The molecule has 6 heteroatoms. The lowest BCUT2D eigenvalue weighted by atomic mass is 10.2. The van der Waals surface area contributed by atoms with E-state index in [1.165, 1.54) is 0 Å². The number of halogens is 2. The van der Waals surface area contributed by atoms with Crippen LogP contribution in [0.25, 0.3) is 0 Å². The number of alkyl halides is 2. The molecular formula is C4H9Cl2NO3. The van der Waals surface area contributed by atoms with Crippen LogP contribution in [0.2, 0.25) is 0 Å². The van der Waals surface area contributed by atoms with E-state index in [2.05, 4.69) is 0 Å². The molecule has 4 nitrogen and oxygen atoms in total. The highest BCUT2D eigenvalue weighted by molar-refractivity contribution is 6.44. The van der Waals surface area contributed by atoms with Gasteiger partial charge in [0.2, 0.25) is 0 Å². The normalized spacial score (nSPS) is 12.4. The van der Waals surface area contributed by atoms with Crippen molar-refractivity contribution in [3.63, 3.8) is 0 Å². The highest BCUT2D eigenvalue weighted by Crippen LogP contribution is 2.08. The third kappa shape index (κ3) is 6.10. The summed E-state index contributed by atoms with van der Waals surface area (Å²) in [5.74, 6) is -0.992. The lowest BCUT2D eigenvalue weighted by Gasteiger charge is -2.07. The molecule has 0 saturated carbocycles. The maximum Gasteiger partial charge on any atom is 0.305 e. The summed E-state index contributed by atoms with van der Waals surface area (Å²) in [6.07, 6.45) is -0.197. The van der Waals surface area contributed by atoms with Crippen molar-refractivity contribution in [3.8, 4) is 0 Å². The van der Waals surface area contributed by atoms with Gasteiger partial charge in [0, 0.05) is 6.04 Å². The van der Waals surface area contributed by atoms with Crippen LogP contribution in [0.5, 0.6) is 0 Å². The monoisotopic (exact) mass is 189 g/mol. The number of carboxylic acids is 1. The zero-order valence-corrected chi connectivity index (χ0v) is 6.56. The highest BCUT2D eigenvalue weighted by atomic mass is 35.5. The Bertz CT molecular complexity index is 109. The Morgan fingerprint density at radius 3 is 2.10 bits per heavy atom. The molecule has 1 unspecified atom stereocenters. The van der Waals surface area contributed by atoms with Gasteiger partial charge in [-0.1, -0.05) is 0 Å². The molecule has 0 aromatic rings. The minimum Gasteiger partial charge on any atom is -0.481 e. The second kappa shape index (κ2) is 5.73. The van der Waals surface area contributed by atoms with Crippen LogP contribution in [0.4, 0.5) is 0 Å². The number of aliphatic carboxylic acids is 1. The second-order valence-corrected chi connectivity index (χ2v) is 2.76. The van der Waals surface area contributed by atoms with E-state index in [9.17, 15) is 4.79 Å². The van der Waals surface area contributed by atoms with Crippen molar-refractivity contribution < 1.29 is 15.4 Å². The van der Waals surface area contributed by atoms with Crippen molar-refractivity contribution in [1.82, 2.24) is 0 Å². The van der Waals surface area contributed by atoms with E-state index >= 15 is 0 Å². The van der Waals surface area contributed by atoms with E-state index in [0.717, 1.165) is 0 Å². The summed E-state index contributed by atoms with van der Waals surface area (Å²) < 4.78 is 0. The van der Waals surface area contributed by atoms with Gasteiger partial charge in [-0.15, -0.1) is 23.2 Å². The smallest absolute Gasteiger partial charge is 0.305 e. The molecule has 0 fully saturated rings. The molecule has 0 aliphatic rings. The maximum absolute atomic E-state index is 9.92. The van der Waals surface area contributed by atoms with Gasteiger partial charge in [0.15, 0.2) is 0 Å². The largest absolute Gasteiger partial charge is 0.481 e. The minimum atomic E-state index is -0.992. The van der Waals surface area contributed by atoms with Crippen LogP contribution in [-0.2, 0) is 4.79 Å². The molecule has 10 heavy (non-hydrogen) atoms.